The van der Waals surface area contributed by atoms with Gasteiger partial charge in [0.25, 0.3) is 0 Å². The number of unbranched alkanes of at least 4 members (excludes halogenated alkanes) is 8. The summed E-state index contributed by atoms with van der Waals surface area (Å²) in [5.41, 5.74) is 0. The minimum Gasteiger partial charge on any atom is -0.480 e. The van der Waals surface area contributed by atoms with Crippen LogP contribution < -0.4 is 0 Å². The highest BCUT2D eigenvalue weighted by atomic mass is 16.4. The normalized spacial score (nSPS) is 15.5. The zero-order valence-electron chi connectivity index (χ0n) is 17.4. The van der Waals surface area contributed by atoms with Gasteiger partial charge in [0.15, 0.2) is 0 Å². The van der Waals surface area contributed by atoms with E-state index < -0.39 is 56.0 Å². The molecule has 0 aromatic heterocycles. The number of aliphatic hydroxyl groups is 5. The van der Waals surface area contributed by atoms with Gasteiger partial charge >= 0.3 is 5.97 Å². The second kappa shape index (κ2) is 16.5. The summed E-state index contributed by atoms with van der Waals surface area (Å²) >= 11 is 0. The quantitative estimate of drug-likeness (QED) is 0.172. The summed E-state index contributed by atoms with van der Waals surface area (Å²) in [6.07, 6.45) is 2.81. The van der Waals surface area contributed by atoms with E-state index in [1.165, 1.54) is 32.1 Å². The highest BCUT2D eigenvalue weighted by Gasteiger charge is 2.32. The predicted molar refractivity (Wildman–Crippen MR) is 107 cm³/mol. The van der Waals surface area contributed by atoms with E-state index >= 15 is 0 Å². The number of carbonyl (C=O) groups is 2. The number of hydrogen-bond donors (Lipinski definition) is 6. The van der Waals surface area contributed by atoms with Crippen molar-refractivity contribution in [2.45, 2.75) is 95.5 Å². The first-order valence-corrected chi connectivity index (χ1v) is 10.6. The fourth-order valence-electron chi connectivity index (χ4n) is 3.06. The van der Waals surface area contributed by atoms with Crippen molar-refractivity contribution >= 4 is 11.9 Å². The van der Waals surface area contributed by atoms with Crippen LogP contribution in [0.25, 0.3) is 0 Å². The van der Waals surface area contributed by atoms with Crippen molar-refractivity contribution in [1.29, 1.82) is 0 Å². The number of carboxylic acids is 1. The minimum atomic E-state index is -1.84. The Morgan fingerprint density at radius 1 is 0.793 bits per heavy atom. The first-order valence-electron chi connectivity index (χ1n) is 10.6. The number of nitrogens with zero attached hydrogens (tertiary/aromatic N) is 1. The van der Waals surface area contributed by atoms with Gasteiger partial charge in [0.05, 0.1) is 6.61 Å². The molecule has 1 amide bonds. The number of carboxylic acid groups (broad SMARTS) is 1. The monoisotopic (exact) mass is 421 g/mol. The summed E-state index contributed by atoms with van der Waals surface area (Å²) in [7, 11) is 0. The molecular formula is C20H39NO8. The molecule has 0 aliphatic rings. The third kappa shape index (κ3) is 12.8. The molecule has 29 heavy (non-hydrogen) atoms. The number of aliphatic carboxylic acids is 1. The van der Waals surface area contributed by atoms with Gasteiger partial charge in [-0.1, -0.05) is 58.3 Å². The summed E-state index contributed by atoms with van der Waals surface area (Å²) in [6.45, 7) is 0.212. The minimum absolute atomic E-state index is 0.133. The van der Waals surface area contributed by atoms with E-state index in [-0.39, 0.29) is 6.42 Å². The van der Waals surface area contributed by atoms with Crippen LogP contribution in [-0.4, -0.2) is 91.5 Å². The highest BCUT2D eigenvalue weighted by molar-refractivity contribution is 5.81. The van der Waals surface area contributed by atoms with Crippen molar-refractivity contribution in [2.75, 3.05) is 19.7 Å². The molecule has 0 radical (unpaired) electrons. The molecule has 0 saturated carbocycles. The third-order valence-electron chi connectivity index (χ3n) is 4.91. The lowest BCUT2D eigenvalue weighted by atomic mass is 10.0. The van der Waals surface area contributed by atoms with Crippen LogP contribution in [0.15, 0.2) is 0 Å². The Kier molecular flexibility index (Phi) is 15.8. The molecule has 0 fully saturated rings. The van der Waals surface area contributed by atoms with Crippen LogP contribution in [0, 0.1) is 0 Å². The molecule has 0 aliphatic carbocycles. The Morgan fingerprint density at radius 3 is 1.76 bits per heavy atom. The topological polar surface area (TPSA) is 159 Å². The fraction of sp³-hybridized carbons (Fsp3) is 0.900. The average molecular weight is 422 g/mol. The smallest absolute Gasteiger partial charge is 0.323 e. The predicted octanol–water partition coefficient (Wildman–Crippen LogP) is 0.256. The lowest BCUT2D eigenvalue weighted by Gasteiger charge is -2.29. The van der Waals surface area contributed by atoms with Gasteiger partial charge in [-0.25, -0.2) is 0 Å². The van der Waals surface area contributed by atoms with Gasteiger partial charge in [0.2, 0.25) is 5.91 Å². The molecule has 0 bridgehead atoms. The van der Waals surface area contributed by atoms with E-state index in [1.54, 1.807) is 0 Å². The molecule has 0 heterocycles. The average Bonchev–Trinajstić information content (AvgIpc) is 2.69. The van der Waals surface area contributed by atoms with Gasteiger partial charge in [-0.05, 0) is 6.42 Å². The lowest BCUT2D eigenvalue weighted by Crippen LogP contribution is -2.51. The van der Waals surface area contributed by atoms with Gasteiger partial charge < -0.3 is 35.5 Å². The molecule has 9 nitrogen and oxygen atoms in total. The van der Waals surface area contributed by atoms with Gasteiger partial charge in [-0.2, -0.15) is 0 Å². The summed E-state index contributed by atoms with van der Waals surface area (Å²) in [5.74, 6) is -1.72. The van der Waals surface area contributed by atoms with Crippen LogP contribution in [0.5, 0.6) is 0 Å². The SMILES string of the molecule is CCCCCCCCCCCC(=O)N(CC(=O)O)C[C@@H](O)[C@@H](O)[C@H](O)[C@@H](O)CO. The van der Waals surface area contributed by atoms with E-state index in [1.807, 2.05) is 0 Å². The zero-order chi connectivity index (χ0) is 22.2. The van der Waals surface area contributed by atoms with Crippen molar-refractivity contribution in [2.24, 2.45) is 0 Å². The molecule has 0 aliphatic heterocycles. The molecular weight excluding hydrogens is 382 g/mol. The maximum Gasteiger partial charge on any atom is 0.323 e. The highest BCUT2D eigenvalue weighted by Crippen LogP contribution is 2.12. The summed E-state index contributed by atoms with van der Waals surface area (Å²) in [5, 5.41) is 56.6. The van der Waals surface area contributed by atoms with Crippen LogP contribution in [0.2, 0.25) is 0 Å². The Bertz CT molecular complexity index is 448. The van der Waals surface area contributed by atoms with E-state index in [9.17, 15) is 30.0 Å². The summed E-state index contributed by atoms with van der Waals surface area (Å²) in [4.78, 5) is 24.3. The Labute approximate surface area is 173 Å². The van der Waals surface area contributed by atoms with Gasteiger partial charge in [0, 0.05) is 13.0 Å². The summed E-state index contributed by atoms with van der Waals surface area (Å²) in [6, 6.07) is 0. The second-order valence-electron chi connectivity index (χ2n) is 7.54. The third-order valence-corrected chi connectivity index (χ3v) is 4.91. The fourth-order valence-corrected chi connectivity index (χ4v) is 3.06. The molecule has 0 saturated heterocycles. The summed E-state index contributed by atoms with van der Waals surface area (Å²) < 4.78 is 0. The van der Waals surface area contributed by atoms with E-state index in [0.29, 0.717) is 6.42 Å². The standard InChI is InChI=1S/C20H39NO8/c1-2-3-4-5-6-7-8-9-10-11-17(25)21(13-18(26)27)12-15(23)19(28)20(29)16(24)14-22/h15-16,19-20,22-24,28-29H,2-14H2,1H3,(H,26,27)/t15-,16+,19-,20-/m1/s1. The molecule has 0 aromatic carbocycles. The molecule has 9 heteroatoms. The van der Waals surface area contributed by atoms with Crippen LogP contribution >= 0.6 is 0 Å². The zero-order valence-corrected chi connectivity index (χ0v) is 17.4. The molecule has 0 unspecified atom stereocenters. The van der Waals surface area contributed by atoms with E-state index in [4.69, 9.17) is 10.2 Å². The van der Waals surface area contributed by atoms with Crippen LogP contribution in [0.1, 0.15) is 71.1 Å². The van der Waals surface area contributed by atoms with Crippen molar-refractivity contribution in [3.63, 3.8) is 0 Å². The number of hydrogen-bond acceptors (Lipinski definition) is 7. The van der Waals surface area contributed by atoms with E-state index in [0.717, 1.165) is 24.2 Å². The molecule has 4 atom stereocenters. The largest absolute Gasteiger partial charge is 0.480 e. The Hall–Kier alpha value is -1.26. The maximum absolute atomic E-state index is 12.3. The van der Waals surface area contributed by atoms with Crippen LogP contribution in [0.3, 0.4) is 0 Å². The first-order chi connectivity index (χ1) is 13.7. The Morgan fingerprint density at radius 2 is 1.28 bits per heavy atom. The number of carbonyl (C=O) groups excluding carboxylic acids is 1. The second-order valence-corrected chi connectivity index (χ2v) is 7.54. The first kappa shape index (κ1) is 27.7. The molecule has 0 rings (SSSR count). The van der Waals surface area contributed by atoms with Gasteiger partial charge in [0.1, 0.15) is 31.0 Å². The Balaban J connectivity index is 4.37. The molecule has 0 aromatic rings. The van der Waals surface area contributed by atoms with E-state index in [2.05, 4.69) is 6.92 Å². The molecule has 172 valence electrons. The van der Waals surface area contributed by atoms with Crippen molar-refractivity contribution in [1.82, 2.24) is 4.90 Å². The molecule has 0 spiro atoms. The lowest BCUT2D eigenvalue weighted by molar-refractivity contribution is -0.149. The van der Waals surface area contributed by atoms with Gasteiger partial charge in [-0.15, -0.1) is 0 Å². The van der Waals surface area contributed by atoms with Crippen LogP contribution in [-0.2, 0) is 9.59 Å². The number of aliphatic hydroxyl groups excluding tert-OH is 5. The maximum atomic E-state index is 12.3. The van der Waals surface area contributed by atoms with Gasteiger partial charge in [-0.3, -0.25) is 9.59 Å². The molecule has 6 N–H and O–H groups in total. The van der Waals surface area contributed by atoms with Crippen molar-refractivity contribution in [3.8, 4) is 0 Å². The van der Waals surface area contributed by atoms with Crippen molar-refractivity contribution in [3.05, 3.63) is 0 Å². The van der Waals surface area contributed by atoms with Crippen LogP contribution in [0.4, 0.5) is 0 Å². The number of rotatable bonds is 18. The number of amides is 1. The van der Waals surface area contributed by atoms with Crippen molar-refractivity contribution < 1.29 is 40.2 Å².